The highest BCUT2D eigenvalue weighted by atomic mass is 35.5. The lowest BCUT2D eigenvalue weighted by molar-refractivity contribution is 0.0509. The molecule has 8 rings (SSSR count). The maximum Gasteiger partial charge on any atom is 0.358 e. The standard InChI is InChI=1S/C16H17N3O3.C14H14N4O3.C9H11N3O3.C2H3N.ClH.H3NO/c1-2-22-16(21)13-10-14-15(20)18(8-9-19(14)17-13)11-12-6-4-3-5-7-12;19-13(16-21)11-8-12-14(20)17(6-7-18(12)15-11)9-10-4-2-1-3-5-10;1-2-15-9(14)6-5-7-8(13)10-3-4-12(7)11-6;1-2-3;;1-2/h3-7,10H,2,8-9,11H2,1H3;1-5,8,21H,6-7,9H2,(H,16,19);5H,2-4H2,1H3,(H,10,13);1H3;1H;2H,1H2. The summed E-state index contributed by atoms with van der Waals surface area (Å²) in [5.41, 5.74) is 5.24. The average Bonchev–Trinajstić information content (AvgIpc) is 4.07. The molecule has 6 heterocycles. The summed E-state index contributed by atoms with van der Waals surface area (Å²) >= 11 is 0. The van der Waals surface area contributed by atoms with Crippen LogP contribution in [0.4, 0.5) is 0 Å². The number of nitrogens with two attached hydrogens (primary N) is 1. The Balaban J connectivity index is 0.000000244. The number of fused-ring (bicyclic) bond motifs is 3. The summed E-state index contributed by atoms with van der Waals surface area (Å²) in [5.74, 6) is 1.30. The molecule has 0 aliphatic carbocycles. The Bertz CT molecular complexity index is 2400. The number of hydrogen-bond donors (Lipinski definition) is 5. The minimum absolute atomic E-state index is 0. The zero-order valence-corrected chi connectivity index (χ0v) is 36.1. The minimum Gasteiger partial charge on any atom is -0.461 e. The molecule has 0 spiro atoms. The molecule has 0 radical (unpaired) electrons. The predicted molar refractivity (Wildman–Crippen MR) is 227 cm³/mol. The van der Waals surface area contributed by atoms with E-state index in [2.05, 4.69) is 26.5 Å². The number of hydroxylamine groups is 1. The van der Waals surface area contributed by atoms with Crippen molar-refractivity contribution in [3.05, 3.63) is 124 Å². The van der Waals surface area contributed by atoms with Gasteiger partial charge in [-0.2, -0.15) is 20.6 Å². The number of nitriles is 1. The lowest BCUT2D eigenvalue weighted by Crippen LogP contribution is -2.39. The van der Waals surface area contributed by atoms with E-state index in [4.69, 9.17) is 25.2 Å². The number of nitrogens with zero attached hydrogens (tertiary/aromatic N) is 9. The molecule has 4 amide bonds. The summed E-state index contributed by atoms with van der Waals surface area (Å²) in [6.07, 6.45) is 0. The van der Waals surface area contributed by atoms with Gasteiger partial charge in [0.25, 0.3) is 23.6 Å². The number of amides is 4. The number of esters is 2. The maximum atomic E-state index is 12.5. The number of ether oxygens (including phenoxy) is 2. The number of rotatable bonds is 9. The molecule has 0 atom stereocenters. The number of aromatic nitrogens is 6. The normalized spacial score (nSPS) is 12.9. The van der Waals surface area contributed by atoms with Crippen molar-refractivity contribution in [2.75, 3.05) is 32.8 Å². The van der Waals surface area contributed by atoms with Crippen LogP contribution in [0.15, 0.2) is 78.9 Å². The summed E-state index contributed by atoms with van der Waals surface area (Å²) in [6.45, 7) is 9.87. The molecule has 3 aromatic heterocycles. The van der Waals surface area contributed by atoms with E-state index in [1.54, 1.807) is 34.4 Å². The van der Waals surface area contributed by atoms with E-state index in [1.807, 2.05) is 60.7 Å². The van der Waals surface area contributed by atoms with Crippen LogP contribution in [0.1, 0.15) is 94.8 Å². The van der Waals surface area contributed by atoms with E-state index >= 15 is 0 Å². The van der Waals surface area contributed by atoms with Crippen LogP contribution in [-0.4, -0.2) is 118 Å². The van der Waals surface area contributed by atoms with Crippen molar-refractivity contribution in [2.45, 2.75) is 53.5 Å². The van der Waals surface area contributed by atoms with Crippen molar-refractivity contribution < 1.29 is 48.7 Å². The van der Waals surface area contributed by atoms with Crippen LogP contribution in [0, 0.1) is 11.3 Å². The highest BCUT2D eigenvalue weighted by Gasteiger charge is 2.29. The van der Waals surface area contributed by atoms with E-state index in [-0.39, 0.29) is 53.8 Å². The van der Waals surface area contributed by atoms with Crippen molar-refractivity contribution in [3.63, 3.8) is 0 Å². The minimum atomic E-state index is -0.723. The second kappa shape index (κ2) is 25.5. The first kappa shape index (κ1) is 50.9. The monoisotopic (exact) mass is 904 g/mol. The van der Waals surface area contributed by atoms with Crippen molar-refractivity contribution in [3.8, 4) is 6.07 Å². The Morgan fingerprint density at radius 1 is 0.703 bits per heavy atom. The molecule has 0 saturated heterocycles. The van der Waals surface area contributed by atoms with E-state index in [1.165, 1.54) is 40.0 Å². The number of nitrogens with one attached hydrogen (secondary N) is 2. The van der Waals surface area contributed by atoms with Gasteiger partial charge in [0.05, 0.1) is 38.9 Å². The molecule has 0 unspecified atom stereocenters. The quantitative estimate of drug-likeness (QED) is 0.0807. The van der Waals surface area contributed by atoms with E-state index in [0.29, 0.717) is 76.0 Å². The molecule has 64 heavy (non-hydrogen) atoms. The van der Waals surface area contributed by atoms with Gasteiger partial charge in [-0.1, -0.05) is 60.7 Å². The molecule has 6 N–H and O–H groups in total. The van der Waals surface area contributed by atoms with Crippen molar-refractivity contribution >= 4 is 48.0 Å². The third-order valence-corrected chi connectivity index (χ3v) is 9.09. The third-order valence-electron chi connectivity index (χ3n) is 9.09. The SMILES string of the molecule is CC#N.CCOC(=O)c1cc2n(n1)CCN(Cc1ccccc1)C2=O.CCOC(=O)c1cc2n(n1)CCNC2=O.Cl.NO.O=C(NO)c1cc2n(n1)CCN(Cc1ccccc1)C2=O. The molecule has 5 aromatic rings. The van der Waals surface area contributed by atoms with Crippen LogP contribution in [-0.2, 0) is 42.2 Å². The fraction of sp³-hybridized carbons (Fsp3) is 0.317. The van der Waals surface area contributed by atoms with Crippen LogP contribution >= 0.6 is 12.4 Å². The average molecular weight is 905 g/mol. The van der Waals surface area contributed by atoms with Gasteiger partial charge < -0.3 is 29.8 Å². The molecular formula is C41H49ClN12O10. The number of carbonyl (C=O) groups excluding carboxylic acids is 6. The lowest BCUT2D eigenvalue weighted by Gasteiger charge is -2.27. The molecule has 23 heteroatoms. The zero-order valence-electron chi connectivity index (χ0n) is 35.2. The van der Waals surface area contributed by atoms with Crippen molar-refractivity contribution in [1.29, 1.82) is 5.26 Å². The fourth-order valence-corrected chi connectivity index (χ4v) is 6.30. The fourth-order valence-electron chi connectivity index (χ4n) is 6.30. The van der Waals surface area contributed by atoms with Crippen LogP contribution in [0.25, 0.3) is 0 Å². The summed E-state index contributed by atoms with van der Waals surface area (Å²) in [4.78, 5) is 74.2. The van der Waals surface area contributed by atoms with Gasteiger partial charge in [-0.25, -0.2) is 21.0 Å². The zero-order chi connectivity index (χ0) is 45.9. The van der Waals surface area contributed by atoms with Gasteiger partial charge in [0, 0.05) is 57.8 Å². The first-order valence-electron chi connectivity index (χ1n) is 19.5. The van der Waals surface area contributed by atoms with Crippen LogP contribution in [0.2, 0.25) is 0 Å². The van der Waals surface area contributed by atoms with E-state index in [9.17, 15) is 28.8 Å². The van der Waals surface area contributed by atoms with Gasteiger partial charge in [-0.15, -0.1) is 12.4 Å². The first-order chi connectivity index (χ1) is 30.5. The molecule has 340 valence electrons. The number of hydrogen-bond acceptors (Lipinski definition) is 15. The van der Waals surface area contributed by atoms with E-state index in [0.717, 1.165) is 11.1 Å². The van der Waals surface area contributed by atoms with Crippen LogP contribution < -0.4 is 16.7 Å². The Morgan fingerprint density at radius 2 is 1.09 bits per heavy atom. The van der Waals surface area contributed by atoms with E-state index < -0.39 is 17.8 Å². The number of halogens is 1. The van der Waals surface area contributed by atoms with Gasteiger partial charge in [-0.05, 0) is 25.0 Å². The Morgan fingerprint density at radius 3 is 1.50 bits per heavy atom. The summed E-state index contributed by atoms with van der Waals surface area (Å²) in [7, 11) is 0. The lowest BCUT2D eigenvalue weighted by atomic mass is 10.2. The summed E-state index contributed by atoms with van der Waals surface area (Å²) in [6, 6.07) is 25.6. The summed E-state index contributed by atoms with van der Waals surface area (Å²) < 4.78 is 14.3. The predicted octanol–water partition coefficient (Wildman–Crippen LogP) is 2.46. The highest BCUT2D eigenvalue weighted by Crippen LogP contribution is 2.18. The number of benzene rings is 2. The molecule has 0 fully saturated rings. The van der Waals surface area contributed by atoms with Crippen molar-refractivity contribution in [2.24, 2.45) is 5.90 Å². The van der Waals surface area contributed by atoms with Crippen molar-refractivity contribution in [1.82, 2.24) is 49.9 Å². The molecule has 2 aromatic carbocycles. The topological polar surface area (TPSA) is 295 Å². The Hall–Kier alpha value is -7.45. The molecule has 0 saturated carbocycles. The molecule has 3 aliphatic rings. The largest absolute Gasteiger partial charge is 0.461 e. The van der Waals surface area contributed by atoms with Crippen LogP contribution in [0.5, 0.6) is 0 Å². The van der Waals surface area contributed by atoms with Gasteiger partial charge in [0.15, 0.2) is 17.1 Å². The first-order valence-corrected chi connectivity index (χ1v) is 19.5. The highest BCUT2D eigenvalue weighted by molar-refractivity contribution is 5.98. The van der Waals surface area contributed by atoms with Gasteiger partial charge in [0.1, 0.15) is 17.1 Å². The Kier molecular flexibility index (Phi) is 20.3. The Labute approximate surface area is 373 Å². The smallest absolute Gasteiger partial charge is 0.358 e. The number of carbonyl (C=O) groups is 6. The van der Waals surface area contributed by atoms with Gasteiger partial charge in [-0.3, -0.25) is 38.4 Å². The van der Waals surface area contributed by atoms with Gasteiger partial charge in [0.2, 0.25) is 0 Å². The molecular weight excluding hydrogens is 856 g/mol. The maximum absolute atomic E-state index is 12.5. The van der Waals surface area contributed by atoms with Gasteiger partial charge >= 0.3 is 11.9 Å². The van der Waals surface area contributed by atoms with Crippen LogP contribution in [0.3, 0.4) is 0 Å². The summed E-state index contributed by atoms with van der Waals surface area (Å²) in [5, 5.41) is 37.3. The third kappa shape index (κ3) is 13.3. The molecule has 0 bridgehead atoms. The second-order valence-electron chi connectivity index (χ2n) is 13.2. The second-order valence-corrected chi connectivity index (χ2v) is 13.2. The molecule has 22 nitrogen and oxygen atoms in total. The molecule has 3 aliphatic heterocycles.